The second-order valence-corrected chi connectivity index (χ2v) is 5.01. The summed E-state index contributed by atoms with van der Waals surface area (Å²) in [6.45, 7) is 5.79. The largest absolute Gasteiger partial charge is 0.323 e. The summed E-state index contributed by atoms with van der Waals surface area (Å²) in [5.41, 5.74) is 6.33. The minimum atomic E-state index is -0.573. The summed E-state index contributed by atoms with van der Waals surface area (Å²) in [4.78, 5) is 2.08. The second-order valence-electron chi connectivity index (χ2n) is 5.01. The lowest BCUT2D eigenvalue weighted by Crippen LogP contribution is -2.32. The minimum absolute atomic E-state index is 0.368. The molecule has 0 heterocycles. The molecule has 1 aromatic carbocycles. The number of nitrogens with two attached hydrogens (primary N) is 1. The van der Waals surface area contributed by atoms with E-state index in [1.165, 1.54) is 12.1 Å². The second kappa shape index (κ2) is 6.81. The Labute approximate surface area is 108 Å². The minimum Gasteiger partial charge on any atom is -0.323 e. The normalized spacial score (nSPS) is 14.8. The number of benzene rings is 1. The molecular formula is C14H22F2N2. The Bertz CT molecular complexity index is 382. The molecule has 0 amide bonds. The van der Waals surface area contributed by atoms with Gasteiger partial charge in [0.05, 0.1) is 0 Å². The van der Waals surface area contributed by atoms with Crippen molar-refractivity contribution in [3.05, 3.63) is 35.4 Å². The van der Waals surface area contributed by atoms with Crippen molar-refractivity contribution >= 4 is 0 Å². The quantitative estimate of drug-likeness (QED) is 0.848. The molecule has 0 saturated carbocycles. The summed E-state index contributed by atoms with van der Waals surface area (Å²) in [6.07, 6.45) is 1.10. The SMILES string of the molecule is CCC(C)CN(C)CC(N)c1ccc(F)cc1F. The van der Waals surface area contributed by atoms with Crippen LogP contribution in [0.2, 0.25) is 0 Å². The van der Waals surface area contributed by atoms with Crippen LogP contribution in [0.25, 0.3) is 0 Å². The van der Waals surface area contributed by atoms with Crippen LogP contribution >= 0.6 is 0 Å². The number of hydrogen-bond donors (Lipinski definition) is 1. The molecule has 0 saturated heterocycles. The first-order valence-electron chi connectivity index (χ1n) is 6.33. The van der Waals surface area contributed by atoms with Crippen LogP contribution in [0.4, 0.5) is 8.78 Å². The number of likely N-dealkylation sites (N-methyl/N-ethyl adjacent to an activating group) is 1. The van der Waals surface area contributed by atoms with Gasteiger partial charge in [-0.2, -0.15) is 0 Å². The lowest BCUT2D eigenvalue weighted by atomic mass is 10.1. The highest BCUT2D eigenvalue weighted by Gasteiger charge is 2.15. The van der Waals surface area contributed by atoms with Crippen molar-refractivity contribution in [3.8, 4) is 0 Å². The Morgan fingerprint density at radius 1 is 1.28 bits per heavy atom. The van der Waals surface area contributed by atoms with E-state index in [0.717, 1.165) is 19.0 Å². The van der Waals surface area contributed by atoms with Crippen LogP contribution in [0.1, 0.15) is 31.9 Å². The van der Waals surface area contributed by atoms with Crippen molar-refractivity contribution in [2.24, 2.45) is 11.7 Å². The topological polar surface area (TPSA) is 29.3 Å². The van der Waals surface area contributed by atoms with Crippen molar-refractivity contribution in [2.75, 3.05) is 20.1 Å². The lowest BCUT2D eigenvalue weighted by molar-refractivity contribution is 0.265. The summed E-state index contributed by atoms with van der Waals surface area (Å²) in [5.74, 6) is -0.559. The van der Waals surface area contributed by atoms with Gasteiger partial charge in [-0.3, -0.25) is 0 Å². The highest BCUT2D eigenvalue weighted by Crippen LogP contribution is 2.17. The first-order valence-corrected chi connectivity index (χ1v) is 6.33. The molecule has 0 bridgehead atoms. The van der Waals surface area contributed by atoms with Crippen LogP contribution in [0.3, 0.4) is 0 Å². The zero-order chi connectivity index (χ0) is 13.7. The lowest BCUT2D eigenvalue weighted by Gasteiger charge is -2.24. The molecule has 18 heavy (non-hydrogen) atoms. The third kappa shape index (κ3) is 4.35. The Balaban J connectivity index is 2.61. The van der Waals surface area contributed by atoms with E-state index in [1.807, 2.05) is 7.05 Å². The van der Waals surface area contributed by atoms with Crippen LogP contribution in [0, 0.1) is 17.6 Å². The molecular weight excluding hydrogens is 234 g/mol. The molecule has 4 heteroatoms. The summed E-state index contributed by atoms with van der Waals surface area (Å²) in [6, 6.07) is 3.11. The van der Waals surface area contributed by atoms with Gasteiger partial charge in [0.2, 0.25) is 0 Å². The fraction of sp³-hybridized carbons (Fsp3) is 0.571. The number of rotatable bonds is 6. The summed E-state index contributed by atoms with van der Waals surface area (Å²) < 4.78 is 26.3. The standard InChI is InChI=1S/C14H22F2N2/c1-4-10(2)8-18(3)9-14(17)12-6-5-11(15)7-13(12)16/h5-7,10,14H,4,8-9,17H2,1-3H3. The van der Waals surface area contributed by atoms with Gasteiger partial charge in [0.25, 0.3) is 0 Å². The number of hydrogen-bond acceptors (Lipinski definition) is 2. The van der Waals surface area contributed by atoms with Crippen molar-refractivity contribution in [2.45, 2.75) is 26.3 Å². The van der Waals surface area contributed by atoms with Gasteiger partial charge < -0.3 is 10.6 Å². The highest BCUT2D eigenvalue weighted by molar-refractivity contribution is 5.22. The Morgan fingerprint density at radius 3 is 2.50 bits per heavy atom. The molecule has 0 fully saturated rings. The predicted molar refractivity (Wildman–Crippen MR) is 70.2 cm³/mol. The Morgan fingerprint density at radius 2 is 1.94 bits per heavy atom. The third-order valence-corrected chi connectivity index (χ3v) is 3.19. The van der Waals surface area contributed by atoms with E-state index in [4.69, 9.17) is 5.73 Å². The number of halogens is 2. The molecule has 0 aliphatic carbocycles. The first kappa shape index (κ1) is 15.1. The molecule has 2 nitrogen and oxygen atoms in total. The fourth-order valence-electron chi connectivity index (χ4n) is 1.97. The maximum atomic E-state index is 13.5. The van der Waals surface area contributed by atoms with E-state index in [2.05, 4.69) is 18.7 Å². The summed E-state index contributed by atoms with van der Waals surface area (Å²) >= 11 is 0. The smallest absolute Gasteiger partial charge is 0.130 e. The average molecular weight is 256 g/mol. The molecule has 2 N–H and O–H groups in total. The van der Waals surface area contributed by atoms with Gasteiger partial charge in [-0.15, -0.1) is 0 Å². The zero-order valence-corrected chi connectivity index (χ0v) is 11.3. The van der Waals surface area contributed by atoms with E-state index in [9.17, 15) is 8.78 Å². The van der Waals surface area contributed by atoms with Crippen LogP contribution < -0.4 is 5.73 Å². The van der Waals surface area contributed by atoms with Crippen molar-refractivity contribution in [3.63, 3.8) is 0 Å². The predicted octanol–water partition coefficient (Wildman–Crippen LogP) is 2.94. The highest BCUT2D eigenvalue weighted by atomic mass is 19.1. The van der Waals surface area contributed by atoms with Crippen LogP contribution in [-0.2, 0) is 0 Å². The molecule has 1 rings (SSSR count). The van der Waals surface area contributed by atoms with E-state index in [0.29, 0.717) is 18.0 Å². The van der Waals surface area contributed by atoms with E-state index in [-0.39, 0.29) is 0 Å². The van der Waals surface area contributed by atoms with E-state index >= 15 is 0 Å². The molecule has 0 radical (unpaired) electrons. The first-order chi connectivity index (χ1) is 8.43. The zero-order valence-electron chi connectivity index (χ0n) is 11.3. The van der Waals surface area contributed by atoms with Crippen molar-refractivity contribution < 1.29 is 8.78 Å². The summed E-state index contributed by atoms with van der Waals surface area (Å²) in [5, 5.41) is 0. The molecule has 0 aromatic heterocycles. The van der Waals surface area contributed by atoms with Gasteiger partial charge in [0.1, 0.15) is 11.6 Å². The molecule has 0 aliphatic heterocycles. The monoisotopic (exact) mass is 256 g/mol. The van der Waals surface area contributed by atoms with Gasteiger partial charge in [0.15, 0.2) is 0 Å². The molecule has 0 spiro atoms. The van der Waals surface area contributed by atoms with Crippen molar-refractivity contribution in [1.82, 2.24) is 4.90 Å². The van der Waals surface area contributed by atoms with Gasteiger partial charge in [-0.25, -0.2) is 8.78 Å². The van der Waals surface area contributed by atoms with E-state index in [1.54, 1.807) is 0 Å². The van der Waals surface area contributed by atoms with Gasteiger partial charge >= 0.3 is 0 Å². The van der Waals surface area contributed by atoms with Crippen LogP contribution in [0.15, 0.2) is 18.2 Å². The molecule has 0 aliphatic rings. The fourth-order valence-corrected chi connectivity index (χ4v) is 1.97. The van der Waals surface area contributed by atoms with Crippen molar-refractivity contribution in [1.29, 1.82) is 0 Å². The molecule has 2 unspecified atom stereocenters. The van der Waals surface area contributed by atoms with Gasteiger partial charge in [0, 0.05) is 30.8 Å². The van der Waals surface area contributed by atoms with Gasteiger partial charge in [-0.1, -0.05) is 26.3 Å². The Kier molecular flexibility index (Phi) is 5.69. The average Bonchev–Trinajstić information content (AvgIpc) is 2.28. The Hall–Kier alpha value is -1.00. The van der Waals surface area contributed by atoms with E-state index < -0.39 is 17.7 Å². The summed E-state index contributed by atoms with van der Waals surface area (Å²) in [7, 11) is 1.97. The van der Waals surface area contributed by atoms with Gasteiger partial charge in [-0.05, 0) is 19.0 Å². The maximum Gasteiger partial charge on any atom is 0.130 e. The molecule has 102 valence electrons. The number of nitrogens with zero attached hydrogens (tertiary/aromatic N) is 1. The molecule has 2 atom stereocenters. The third-order valence-electron chi connectivity index (χ3n) is 3.19. The molecule has 1 aromatic rings. The van der Waals surface area contributed by atoms with Crippen LogP contribution in [0.5, 0.6) is 0 Å². The maximum absolute atomic E-state index is 13.5. The van der Waals surface area contributed by atoms with Crippen LogP contribution in [-0.4, -0.2) is 25.0 Å².